The Hall–Kier alpha value is -1.67. The van der Waals surface area contributed by atoms with Gasteiger partial charge in [0.1, 0.15) is 6.54 Å². The van der Waals surface area contributed by atoms with Crippen LogP contribution >= 0.6 is 0 Å². The maximum Gasteiger partial charge on any atom is 0.251 e. The van der Waals surface area contributed by atoms with Crippen molar-refractivity contribution >= 4 is 15.9 Å². The second-order valence-corrected chi connectivity index (χ2v) is 8.42. The molecule has 2 rings (SSSR count). The van der Waals surface area contributed by atoms with E-state index in [0.29, 0.717) is 6.54 Å². The zero-order valence-corrected chi connectivity index (χ0v) is 15.3. The van der Waals surface area contributed by atoms with E-state index in [1.807, 2.05) is 11.8 Å². The highest BCUT2D eigenvalue weighted by molar-refractivity contribution is 7.89. The zero-order valence-electron chi connectivity index (χ0n) is 14.4. The van der Waals surface area contributed by atoms with Crippen LogP contribution in [0.5, 0.6) is 0 Å². The molecular formula is C16H25N3O4S. The molecule has 1 aromatic heterocycles. The summed E-state index contributed by atoms with van der Waals surface area (Å²) in [5.41, 5.74) is -0.383. The third kappa shape index (κ3) is 3.87. The van der Waals surface area contributed by atoms with Crippen LogP contribution in [0.4, 0.5) is 0 Å². The van der Waals surface area contributed by atoms with Crippen LogP contribution in [0.3, 0.4) is 0 Å². The Morgan fingerprint density at radius 2 is 2.00 bits per heavy atom. The predicted molar refractivity (Wildman–Crippen MR) is 91.2 cm³/mol. The number of hydrogen-bond donors (Lipinski definition) is 0. The molecule has 2 heterocycles. The molecule has 1 aromatic rings. The van der Waals surface area contributed by atoms with Crippen LogP contribution in [-0.2, 0) is 21.4 Å². The Labute approximate surface area is 142 Å². The highest BCUT2D eigenvalue weighted by Crippen LogP contribution is 2.20. The van der Waals surface area contributed by atoms with Crippen LogP contribution in [0, 0.1) is 0 Å². The fraction of sp³-hybridized carbons (Fsp3) is 0.625. The van der Waals surface area contributed by atoms with Crippen molar-refractivity contribution < 1.29 is 13.2 Å². The van der Waals surface area contributed by atoms with Gasteiger partial charge < -0.3 is 9.47 Å². The highest BCUT2D eigenvalue weighted by atomic mass is 32.2. The molecule has 24 heavy (non-hydrogen) atoms. The van der Waals surface area contributed by atoms with E-state index in [4.69, 9.17) is 0 Å². The average molecular weight is 355 g/mol. The van der Waals surface area contributed by atoms with Gasteiger partial charge in [-0.25, -0.2) is 12.7 Å². The Kier molecular flexibility index (Phi) is 5.82. The largest absolute Gasteiger partial charge is 0.338 e. The second-order valence-electron chi connectivity index (χ2n) is 6.26. The van der Waals surface area contributed by atoms with E-state index in [9.17, 15) is 18.0 Å². The monoisotopic (exact) mass is 355 g/mol. The second kappa shape index (κ2) is 7.48. The summed E-state index contributed by atoms with van der Waals surface area (Å²) in [6, 6.07) is 2.67. The van der Waals surface area contributed by atoms with Crippen molar-refractivity contribution in [3.63, 3.8) is 0 Å². The Morgan fingerprint density at radius 1 is 1.29 bits per heavy atom. The normalized spacial score (nSPS) is 18.8. The fourth-order valence-corrected chi connectivity index (χ4v) is 3.91. The SMILES string of the molecule is CC[C@H]1CCCCN1C(=O)Cn1cc(S(=O)(=O)N(C)C)ccc1=O. The number of piperidine rings is 1. The molecule has 0 spiro atoms. The van der Waals surface area contributed by atoms with E-state index in [-0.39, 0.29) is 28.9 Å². The highest BCUT2D eigenvalue weighted by Gasteiger charge is 2.26. The lowest BCUT2D eigenvalue weighted by molar-refractivity contribution is -0.135. The topological polar surface area (TPSA) is 79.7 Å². The van der Waals surface area contributed by atoms with Gasteiger partial charge in [-0.2, -0.15) is 0 Å². The van der Waals surface area contributed by atoms with Crippen LogP contribution < -0.4 is 5.56 Å². The van der Waals surface area contributed by atoms with Crippen molar-refractivity contribution in [3.8, 4) is 0 Å². The molecule has 1 atom stereocenters. The summed E-state index contributed by atoms with van der Waals surface area (Å²) in [7, 11) is -0.791. The summed E-state index contributed by atoms with van der Waals surface area (Å²) in [5.74, 6) is -0.136. The van der Waals surface area contributed by atoms with Crippen LogP contribution in [-0.4, -0.2) is 54.8 Å². The lowest BCUT2D eigenvalue weighted by atomic mass is 10.00. The third-order valence-corrected chi connectivity index (χ3v) is 6.26. The molecule has 7 nitrogen and oxygen atoms in total. The molecule has 0 bridgehead atoms. The van der Waals surface area contributed by atoms with Crippen molar-refractivity contribution in [2.45, 2.75) is 50.1 Å². The lowest BCUT2D eigenvalue weighted by Crippen LogP contribution is -2.45. The molecule has 0 unspecified atom stereocenters. The Bertz CT molecular complexity index is 755. The van der Waals surface area contributed by atoms with E-state index in [0.717, 1.165) is 30.0 Å². The summed E-state index contributed by atoms with van der Waals surface area (Å²) < 4.78 is 26.7. The first-order chi connectivity index (χ1) is 11.3. The molecule has 1 aliphatic rings. The number of likely N-dealkylation sites (tertiary alicyclic amines) is 1. The van der Waals surface area contributed by atoms with Gasteiger partial charge in [-0.05, 0) is 31.7 Å². The van der Waals surface area contributed by atoms with Crippen molar-refractivity contribution in [1.29, 1.82) is 0 Å². The number of rotatable bonds is 5. The number of sulfonamides is 1. The van der Waals surface area contributed by atoms with Crippen molar-refractivity contribution in [3.05, 3.63) is 28.7 Å². The minimum Gasteiger partial charge on any atom is -0.338 e. The lowest BCUT2D eigenvalue weighted by Gasteiger charge is -2.35. The minimum atomic E-state index is -3.64. The number of hydrogen-bond acceptors (Lipinski definition) is 4. The number of pyridine rings is 1. The fourth-order valence-electron chi connectivity index (χ4n) is 2.99. The van der Waals surface area contributed by atoms with Crippen LogP contribution in [0.15, 0.2) is 28.0 Å². The quantitative estimate of drug-likeness (QED) is 0.786. The molecule has 1 amide bonds. The standard InChI is InChI=1S/C16H25N3O4S/c1-4-13-7-5-6-10-19(13)16(21)12-18-11-14(8-9-15(18)20)24(22,23)17(2)3/h8-9,11,13H,4-7,10,12H2,1-3H3/t13-/m0/s1. The van der Waals surface area contributed by atoms with Crippen molar-refractivity contribution in [2.75, 3.05) is 20.6 Å². The number of carbonyl (C=O) groups excluding carboxylic acids is 1. The summed E-state index contributed by atoms with van der Waals surface area (Å²) in [6.45, 7) is 2.61. The van der Waals surface area contributed by atoms with E-state index in [2.05, 4.69) is 0 Å². The molecule has 1 saturated heterocycles. The summed E-state index contributed by atoms with van der Waals surface area (Å²) in [4.78, 5) is 26.4. The first kappa shape index (κ1) is 18.7. The molecule has 134 valence electrons. The van der Waals surface area contributed by atoms with Crippen molar-refractivity contribution in [2.24, 2.45) is 0 Å². The summed E-state index contributed by atoms with van der Waals surface area (Å²) in [6.07, 6.45) is 5.19. The maximum atomic E-state index is 12.6. The zero-order chi connectivity index (χ0) is 17.9. The predicted octanol–water partition coefficient (Wildman–Crippen LogP) is 0.890. The van der Waals surface area contributed by atoms with Crippen LogP contribution in [0.2, 0.25) is 0 Å². The average Bonchev–Trinajstić information content (AvgIpc) is 2.56. The van der Waals surface area contributed by atoms with Gasteiger partial charge in [-0.15, -0.1) is 0 Å². The van der Waals surface area contributed by atoms with Gasteiger partial charge in [-0.3, -0.25) is 9.59 Å². The molecule has 1 fully saturated rings. The molecular weight excluding hydrogens is 330 g/mol. The van der Waals surface area contributed by atoms with Gasteiger partial charge in [0.15, 0.2) is 0 Å². The summed E-state index contributed by atoms with van der Waals surface area (Å²) in [5, 5.41) is 0. The van der Waals surface area contributed by atoms with Crippen molar-refractivity contribution in [1.82, 2.24) is 13.8 Å². The third-order valence-electron chi connectivity index (χ3n) is 4.46. The Balaban J connectivity index is 2.26. The maximum absolute atomic E-state index is 12.6. The molecule has 0 aromatic carbocycles. The molecule has 1 aliphatic heterocycles. The van der Waals surface area contributed by atoms with E-state index >= 15 is 0 Å². The number of aromatic nitrogens is 1. The van der Waals surface area contributed by atoms with Crippen LogP contribution in [0.25, 0.3) is 0 Å². The molecule has 8 heteroatoms. The molecule has 0 radical (unpaired) electrons. The number of nitrogens with zero attached hydrogens (tertiary/aromatic N) is 3. The van der Waals surface area contributed by atoms with Gasteiger partial charge >= 0.3 is 0 Å². The molecule has 0 aliphatic carbocycles. The Morgan fingerprint density at radius 3 is 2.62 bits per heavy atom. The summed E-state index contributed by atoms with van der Waals surface area (Å²) >= 11 is 0. The minimum absolute atomic E-state index is 0.00517. The molecule has 0 N–H and O–H groups in total. The van der Waals surface area contributed by atoms with Gasteiger partial charge in [0.2, 0.25) is 15.9 Å². The van der Waals surface area contributed by atoms with Gasteiger partial charge in [0, 0.05) is 38.9 Å². The van der Waals surface area contributed by atoms with Crippen LogP contribution in [0.1, 0.15) is 32.6 Å². The first-order valence-electron chi connectivity index (χ1n) is 8.20. The number of amides is 1. The van der Waals surface area contributed by atoms with E-state index < -0.39 is 10.0 Å². The van der Waals surface area contributed by atoms with Gasteiger partial charge in [-0.1, -0.05) is 6.92 Å². The van der Waals surface area contributed by atoms with E-state index in [1.165, 1.54) is 37.0 Å². The number of carbonyl (C=O) groups is 1. The van der Waals surface area contributed by atoms with E-state index in [1.54, 1.807) is 0 Å². The van der Waals surface area contributed by atoms with Gasteiger partial charge in [0.25, 0.3) is 5.56 Å². The van der Waals surface area contributed by atoms with Gasteiger partial charge in [0.05, 0.1) is 4.90 Å². The smallest absolute Gasteiger partial charge is 0.251 e. The molecule has 0 saturated carbocycles. The first-order valence-corrected chi connectivity index (χ1v) is 9.64.